The Labute approximate surface area is 225 Å². The maximum atomic E-state index is 13.3. The molecule has 1 aliphatic rings. The van der Waals surface area contributed by atoms with Crippen LogP contribution in [0, 0.1) is 0 Å². The highest BCUT2D eigenvalue weighted by molar-refractivity contribution is 9.10. The second kappa shape index (κ2) is 12.0. The van der Waals surface area contributed by atoms with Gasteiger partial charge in [0.05, 0.1) is 4.90 Å². The summed E-state index contributed by atoms with van der Waals surface area (Å²) in [6.07, 6.45) is 0.169. The number of rotatable bonds is 8. The first kappa shape index (κ1) is 27.0. The Morgan fingerprint density at radius 2 is 1.51 bits per heavy atom. The number of carbonyl (C=O) groups excluding carboxylic acids is 2. The van der Waals surface area contributed by atoms with Gasteiger partial charge in [0.25, 0.3) is 5.91 Å². The van der Waals surface area contributed by atoms with Crippen LogP contribution in [0.3, 0.4) is 0 Å². The van der Waals surface area contributed by atoms with Crippen LogP contribution < -0.4 is 10.0 Å². The van der Waals surface area contributed by atoms with E-state index in [1.165, 1.54) is 12.1 Å². The van der Waals surface area contributed by atoms with Gasteiger partial charge in [-0.15, -0.1) is 0 Å². The van der Waals surface area contributed by atoms with E-state index in [2.05, 4.69) is 30.9 Å². The Morgan fingerprint density at radius 3 is 2.14 bits per heavy atom. The first-order chi connectivity index (χ1) is 17.7. The molecule has 1 heterocycles. The number of nitrogens with one attached hydrogen (secondary N) is 2. The van der Waals surface area contributed by atoms with Crippen LogP contribution in [0.1, 0.15) is 15.9 Å². The fourth-order valence-corrected chi connectivity index (χ4v) is 5.48. The maximum Gasteiger partial charge on any atom is 0.253 e. The molecule has 0 radical (unpaired) electrons. The van der Waals surface area contributed by atoms with Crippen molar-refractivity contribution in [1.82, 2.24) is 14.5 Å². The number of piperazine rings is 1. The zero-order valence-corrected chi connectivity index (χ0v) is 22.8. The first-order valence-corrected chi connectivity index (χ1v) is 14.2. The molecule has 1 fully saturated rings. The molecule has 0 aromatic heterocycles. The molecule has 194 valence electrons. The predicted molar refractivity (Wildman–Crippen MR) is 147 cm³/mol. The standard InChI is InChI=1S/C27H29BrN4O4S/c1-31-15-17-32(18-16-31)27(34)21-7-11-23(12-8-21)29-26(33)25(19-20-5-3-2-4-6-20)30-37(35,36)24-13-9-22(28)10-14-24/h2-14,25,30H,15-19H2,1H3,(H,29,33)/t25-/m1/s1. The van der Waals surface area contributed by atoms with Crippen molar-refractivity contribution >= 4 is 43.5 Å². The molecule has 37 heavy (non-hydrogen) atoms. The molecule has 1 atom stereocenters. The van der Waals surface area contributed by atoms with Gasteiger partial charge in [-0.25, -0.2) is 8.42 Å². The minimum absolute atomic E-state index is 0.0461. The number of hydrogen-bond acceptors (Lipinski definition) is 5. The lowest BCUT2D eigenvalue weighted by molar-refractivity contribution is -0.117. The van der Waals surface area contributed by atoms with Crippen LogP contribution in [0.15, 0.2) is 88.2 Å². The number of carbonyl (C=O) groups is 2. The monoisotopic (exact) mass is 584 g/mol. The van der Waals surface area contributed by atoms with Gasteiger partial charge in [-0.05, 0) is 67.6 Å². The number of hydrogen-bond donors (Lipinski definition) is 2. The minimum Gasteiger partial charge on any atom is -0.336 e. The van der Waals surface area contributed by atoms with Crippen LogP contribution >= 0.6 is 15.9 Å². The summed E-state index contributed by atoms with van der Waals surface area (Å²) in [6.45, 7) is 3.01. The molecule has 1 saturated heterocycles. The topological polar surface area (TPSA) is 98.8 Å². The smallest absolute Gasteiger partial charge is 0.253 e. The van der Waals surface area contributed by atoms with E-state index in [1.807, 2.05) is 42.3 Å². The number of benzene rings is 3. The Kier molecular flexibility index (Phi) is 8.75. The van der Waals surface area contributed by atoms with Crippen LogP contribution in [-0.4, -0.2) is 69.3 Å². The number of anilines is 1. The largest absolute Gasteiger partial charge is 0.336 e. The molecule has 4 rings (SSSR count). The van der Waals surface area contributed by atoms with E-state index in [-0.39, 0.29) is 17.2 Å². The van der Waals surface area contributed by atoms with Crippen LogP contribution in [0.5, 0.6) is 0 Å². The highest BCUT2D eigenvalue weighted by Gasteiger charge is 2.27. The van der Waals surface area contributed by atoms with E-state index in [1.54, 1.807) is 36.4 Å². The molecule has 2 N–H and O–H groups in total. The summed E-state index contributed by atoms with van der Waals surface area (Å²) in [7, 11) is -1.92. The summed E-state index contributed by atoms with van der Waals surface area (Å²) in [6, 6.07) is 21.0. The number of sulfonamides is 1. The van der Waals surface area contributed by atoms with Crippen LogP contribution in [0.4, 0.5) is 5.69 Å². The Balaban J connectivity index is 1.48. The van der Waals surface area contributed by atoms with Crippen molar-refractivity contribution < 1.29 is 18.0 Å². The van der Waals surface area contributed by atoms with E-state index < -0.39 is 22.0 Å². The molecule has 10 heteroatoms. The van der Waals surface area contributed by atoms with Crippen molar-refractivity contribution in [3.8, 4) is 0 Å². The SMILES string of the molecule is CN1CCN(C(=O)c2ccc(NC(=O)[C@@H](Cc3ccccc3)NS(=O)(=O)c3ccc(Br)cc3)cc2)CC1. The molecule has 3 aromatic carbocycles. The van der Waals surface area contributed by atoms with Crippen molar-refractivity contribution in [1.29, 1.82) is 0 Å². The molecule has 3 aromatic rings. The number of halogens is 1. The normalized spacial score (nSPS) is 15.2. The van der Waals surface area contributed by atoms with Crippen molar-refractivity contribution in [2.45, 2.75) is 17.4 Å². The van der Waals surface area contributed by atoms with Crippen LogP contribution in [-0.2, 0) is 21.2 Å². The quantitative estimate of drug-likeness (QED) is 0.423. The van der Waals surface area contributed by atoms with E-state index in [9.17, 15) is 18.0 Å². The average Bonchev–Trinajstić information content (AvgIpc) is 2.89. The molecule has 0 unspecified atom stereocenters. The zero-order chi connectivity index (χ0) is 26.4. The number of nitrogens with zero attached hydrogens (tertiary/aromatic N) is 2. The fraction of sp³-hybridized carbons (Fsp3) is 0.259. The number of amides is 2. The second-order valence-electron chi connectivity index (χ2n) is 8.98. The van der Waals surface area contributed by atoms with E-state index in [0.717, 1.165) is 23.1 Å². The summed E-state index contributed by atoms with van der Waals surface area (Å²) in [5.74, 6) is -0.544. The molecular formula is C27H29BrN4O4S. The Hall–Kier alpha value is -3.05. The second-order valence-corrected chi connectivity index (χ2v) is 11.6. The van der Waals surface area contributed by atoms with Gasteiger partial charge in [-0.1, -0.05) is 46.3 Å². The van der Waals surface area contributed by atoms with E-state index >= 15 is 0 Å². The third kappa shape index (κ3) is 7.26. The highest BCUT2D eigenvalue weighted by atomic mass is 79.9. The minimum atomic E-state index is -3.95. The van der Waals surface area contributed by atoms with Gasteiger partial charge in [-0.2, -0.15) is 4.72 Å². The van der Waals surface area contributed by atoms with Crippen molar-refractivity contribution in [2.75, 3.05) is 38.5 Å². The van der Waals surface area contributed by atoms with Gasteiger partial charge in [0.2, 0.25) is 15.9 Å². The lowest BCUT2D eigenvalue weighted by atomic mass is 10.1. The molecule has 0 aliphatic carbocycles. The Bertz CT molecular complexity index is 1330. The third-order valence-corrected chi connectivity index (χ3v) is 8.23. The highest BCUT2D eigenvalue weighted by Crippen LogP contribution is 2.17. The van der Waals surface area contributed by atoms with Gasteiger partial charge in [0.15, 0.2) is 0 Å². The summed E-state index contributed by atoms with van der Waals surface area (Å²) in [5, 5.41) is 2.79. The van der Waals surface area contributed by atoms with Gasteiger partial charge in [-0.3, -0.25) is 9.59 Å². The Morgan fingerprint density at radius 1 is 0.892 bits per heavy atom. The first-order valence-electron chi connectivity index (χ1n) is 11.9. The van der Waals surface area contributed by atoms with Gasteiger partial charge >= 0.3 is 0 Å². The third-order valence-electron chi connectivity index (χ3n) is 6.21. The summed E-state index contributed by atoms with van der Waals surface area (Å²) < 4.78 is 29.4. The van der Waals surface area contributed by atoms with Gasteiger partial charge in [0.1, 0.15) is 6.04 Å². The van der Waals surface area contributed by atoms with Crippen molar-refractivity contribution in [3.05, 3.63) is 94.5 Å². The summed E-state index contributed by atoms with van der Waals surface area (Å²) in [4.78, 5) is 30.1. The lowest BCUT2D eigenvalue weighted by Crippen LogP contribution is -2.47. The molecular weight excluding hydrogens is 556 g/mol. The van der Waals surface area contributed by atoms with Crippen molar-refractivity contribution in [2.24, 2.45) is 0 Å². The van der Waals surface area contributed by atoms with Crippen LogP contribution in [0.2, 0.25) is 0 Å². The molecule has 1 aliphatic heterocycles. The average molecular weight is 586 g/mol. The molecule has 2 amide bonds. The fourth-order valence-electron chi connectivity index (χ4n) is 4.02. The molecule has 0 spiro atoms. The van der Waals surface area contributed by atoms with Crippen LogP contribution in [0.25, 0.3) is 0 Å². The van der Waals surface area contributed by atoms with Gasteiger partial charge < -0.3 is 15.1 Å². The van der Waals surface area contributed by atoms with E-state index in [0.29, 0.717) is 24.3 Å². The molecule has 0 saturated carbocycles. The molecule has 0 bridgehead atoms. The molecule has 8 nitrogen and oxygen atoms in total. The zero-order valence-electron chi connectivity index (χ0n) is 20.4. The summed E-state index contributed by atoms with van der Waals surface area (Å²) in [5.41, 5.74) is 1.83. The number of likely N-dealkylation sites (N-methyl/N-ethyl adjacent to an activating group) is 1. The summed E-state index contributed by atoms with van der Waals surface area (Å²) >= 11 is 3.30. The maximum absolute atomic E-state index is 13.3. The van der Waals surface area contributed by atoms with Crippen molar-refractivity contribution in [3.63, 3.8) is 0 Å². The lowest BCUT2D eigenvalue weighted by Gasteiger charge is -2.32. The van der Waals surface area contributed by atoms with Gasteiger partial charge in [0, 0.05) is 41.9 Å². The van der Waals surface area contributed by atoms with E-state index in [4.69, 9.17) is 0 Å². The predicted octanol–water partition coefficient (Wildman–Crippen LogP) is 3.37.